The lowest BCUT2D eigenvalue weighted by Gasteiger charge is -2.14. The van der Waals surface area contributed by atoms with Crippen molar-refractivity contribution < 1.29 is 17.9 Å². The number of pyridine rings is 1. The third-order valence-corrected chi connectivity index (χ3v) is 5.64. The molecular weight excluding hydrogens is 390 g/mol. The molecule has 1 unspecified atom stereocenters. The third kappa shape index (κ3) is 4.91. The van der Waals surface area contributed by atoms with E-state index < -0.39 is 10.0 Å². The number of hydrogen-bond donors (Lipinski definition) is 2. The molecule has 29 heavy (non-hydrogen) atoms. The molecule has 0 aliphatic carbocycles. The van der Waals surface area contributed by atoms with E-state index in [2.05, 4.69) is 15.0 Å². The van der Waals surface area contributed by atoms with Crippen LogP contribution in [0.25, 0.3) is 0 Å². The van der Waals surface area contributed by atoms with Gasteiger partial charge in [-0.2, -0.15) is 0 Å². The number of benzene rings is 2. The van der Waals surface area contributed by atoms with Crippen molar-refractivity contribution in [1.29, 1.82) is 0 Å². The fourth-order valence-corrected chi connectivity index (χ4v) is 3.77. The Morgan fingerprint density at radius 3 is 2.34 bits per heavy atom. The monoisotopic (exact) mass is 411 g/mol. The molecule has 0 aliphatic heterocycles. The summed E-state index contributed by atoms with van der Waals surface area (Å²) in [7, 11) is -2.36. The first-order valence-electron chi connectivity index (χ1n) is 8.88. The number of para-hydroxylation sites is 2. The van der Waals surface area contributed by atoms with Crippen LogP contribution in [0.1, 0.15) is 29.0 Å². The average Bonchev–Trinajstić information content (AvgIpc) is 2.74. The number of rotatable bonds is 7. The average molecular weight is 411 g/mol. The fourth-order valence-electron chi connectivity index (χ4n) is 2.70. The van der Waals surface area contributed by atoms with Crippen molar-refractivity contribution in [2.45, 2.75) is 17.9 Å². The molecule has 3 rings (SSSR count). The zero-order valence-corrected chi connectivity index (χ0v) is 16.8. The van der Waals surface area contributed by atoms with Gasteiger partial charge < -0.3 is 10.1 Å². The number of ether oxygens (including phenoxy) is 1. The SMILES string of the molecule is COc1ccccc1NS(=O)(=O)c1ccc(C(=O)NC(C)c2ccccn2)cc1. The Morgan fingerprint density at radius 2 is 1.69 bits per heavy atom. The number of amides is 1. The standard InChI is InChI=1S/C21H21N3O4S/c1-15(18-7-5-6-14-22-18)23-21(25)16-10-12-17(13-11-16)29(26,27)24-19-8-3-4-9-20(19)28-2/h3-15,24H,1-2H3,(H,23,25). The van der Waals surface area contributed by atoms with Crippen LogP contribution in [0.15, 0.2) is 77.8 Å². The van der Waals surface area contributed by atoms with Gasteiger partial charge in [0, 0.05) is 11.8 Å². The van der Waals surface area contributed by atoms with Crippen LogP contribution in [0.2, 0.25) is 0 Å². The maximum atomic E-state index is 12.6. The molecule has 1 heterocycles. The predicted molar refractivity (Wildman–Crippen MR) is 110 cm³/mol. The Labute approximate surface area is 169 Å². The summed E-state index contributed by atoms with van der Waals surface area (Å²) in [4.78, 5) is 16.7. The first kappa shape index (κ1) is 20.3. The Hall–Kier alpha value is -3.39. The maximum Gasteiger partial charge on any atom is 0.262 e. The van der Waals surface area contributed by atoms with E-state index in [0.29, 0.717) is 17.0 Å². The van der Waals surface area contributed by atoms with Gasteiger partial charge in [0.1, 0.15) is 5.75 Å². The number of nitrogens with one attached hydrogen (secondary N) is 2. The minimum atomic E-state index is -3.83. The van der Waals surface area contributed by atoms with E-state index >= 15 is 0 Å². The Balaban J connectivity index is 1.72. The molecule has 2 N–H and O–H groups in total. The summed E-state index contributed by atoms with van der Waals surface area (Å²) in [6.45, 7) is 1.83. The van der Waals surface area contributed by atoms with Crippen LogP contribution in [-0.4, -0.2) is 26.4 Å². The van der Waals surface area contributed by atoms with Gasteiger partial charge in [0.25, 0.3) is 15.9 Å². The topological polar surface area (TPSA) is 97.4 Å². The lowest BCUT2D eigenvalue weighted by molar-refractivity contribution is 0.0939. The smallest absolute Gasteiger partial charge is 0.262 e. The minimum absolute atomic E-state index is 0.0396. The molecule has 1 amide bonds. The summed E-state index contributed by atoms with van der Waals surface area (Å²) in [6.07, 6.45) is 1.66. The quantitative estimate of drug-likeness (QED) is 0.621. The highest BCUT2D eigenvalue weighted by atomic mass is 32.2. The van der Waals surface area contributed by atoms with Gasteiger partial charge in [-0.25, -0.2) is 8.42 Å². The first-order chi connectivity index (χ1) is 13.9. The molecule has 3 aromatic rings. The Kier molecular flexibility index (Phi) is 6.13. The molecule has 0 saturated heterocycles. The summed E-state index contributed by atoms with van der Waals surface area (Å²) in [5.41, 5.74) is 1.42. The van der Waals surface area contributed by atoms with Crippen LogP contribution in [0.5, 0.6) is 5.75 Å². The van der Waals surface area contributed by atoms with Gasteiger partial charge in [0.05, 0.1) is 29.4 Å². The molecule has 1 aromatic heterocycles. The molecule has 2 aromatic carbocycles. The van der Waals surface area contributed by atoms with Crippen LogP contribution in [-0.2, 0) is 10.0 Å². The fraction of sp³-hybridized carbons (Fsp3) is 0.143. The summed E-state index contributed by atoms with van der Waals surface area (Å²) >= 11 is 0. The van der Waals surface area contributed by atoms with E-state index in [0.717, 1.165) is 5.69 Å². The van der Waals surface area contributed by atoms with Crippen LogP contribution in [0, 0.1) is 0 Å². The lowest BCUT2D eigenvalue weighted by Crippen LogP contribution is -2.27. The molecule has 150 valence electrons. The molecule has 0 spiro atoms. The second kappa shape index (κ2) is 8.74. The van der Waals surface area contributed by atoms with Crippen LogP contribution >= 0.6 is 0 Å². The maximum absolute atomic E-state index is 12.6. The summed E-state index contributed by atoms with van der Waals surface area (Å²) in [5, 5.41) is 2.84. The van der Waals surface area contributed by atoms with E-state index in [9.17, 15) is 13.2 Å². The van der Waals surface area contributed by atoms with Crippen LogP contribution < -0.4 is 14.8 Å². The number of hydrogen-bond acceptors (Lipinski definition) is 5. The second-order valence-electron chi connectivity index (χ2n) is 6.28. The van der Waals surface area contributed by atoms with Gasteiger partial charge in [-0.05, 0) is 55.5 Å². The number of carbonyl (C=O) groups is 1. The minimum Gasteiger partial charge on any atom is -0.495 e. The van der Waals surface area contributed by atoms with Crippen molar-refractivity contribution in [2.75, 3.05) is 11.8 Å². The number of anilines is 1. The number of methoxy groups -OCH3 is 1. The predicted octanol–water partition coefficient (Wildman–Crippen LogP) is 3.38. The molecule has 1 atom stereocenters. The molecule has 0 saturated carbocycles. The lowest BCUT2D eigenvalue weighted by atomic mass is 10.1. The van der Waals surface area contributed by atoms with E-state index in [-0.39, 0.29) is 16.8 Å². The van der Waals surface area contributed by atoms with Crippen molar-refractivity contribution in [3.8, 4) is 5.75 Å². The third-order valence-electron chi connectivity index (χ3n) is 4.26. The highest BCUT2D eigenvalue weighted by Gasteiger charge is 2.18. The first-order valence-corrected chi connectivity index (χ1v) is 10.4. The van der Waals surface area contributed by atoms with Crippen molar-refractivity contribution >= 4 is 21.6 Å². The second-order valence-corrected chi connectivity index (χ2v) is 7.96. The molecule has 8 heteroatoms. The van der Waals surface area contributed by atoms with Gasteiger partial charge in [-0.15, -0.1) is 0 Å². The highest BCUT2D eigenvalue weighted by molar-refractivity contribution is 7.92. The van der Waals surface area contributed by atoms with Gasteiger partial charge in [-0.3, -0.25) is 14.5 Å². The van der Waals surface area contributed by atoms with E-state index in [1.165, 1.54) is 31.4 Å². The number of carbonyl (C=O) groups excluding carboxylic acids is 1. The van der Waals surface area contributed by atoms with Crippen LogP contribution in [0.4, 0.5) is 5.69 Å². The van der Waals surface area contributed by atoms with Crippen molar-refractivity contribution in [2.24, 2.45) is 0 Å². The van der Waals surface area contributed by atoms with Crippen molar-refractivity contribution in [3.63, 3.8) is 0 Å². The zero-order valence-electron chi connectivity index (χ0n) is 16.0. The van der Waals surface area contributed by atoms with Crippen molar-refractivity contribution in [3.05, 3.63) is 84.2 Å². The number of sulfonamides is 1. The Morgan fingerprint density at radius 1 is 1.00 bits per heavy atom. The molecule has 0 fully saturated rings. The van der Waals surface area contributed by atoms with E-state index in [4.69, 9.17) is 4.74 Å². The highest BCUT2D eigenvalue weighted by Crippen LogP contribution is 2.26. The molecule has 7 nitrogen and oxygen atoms in total. The zero-order chi connectivity index (χ0) is 20.9. The van der Waals surface area contributed by atoms with E-state index in [1.54, 1.807) is 36.5 Å². The Bertz CT molecular complexity index is 1080. The largest absolute Gasteiger partial charge is 0.495 e. The number of aromatic nitrogens is 1. The van der Waals surface area contributed by atoms with E-state index in [1.807, 2.05) is 19.1 Å². The normalized spacial score (nSPS) is 12.1. The number of nitrogens with zero attached hydrogens (tertiary/aromatic N) is 1. The molecule has 0 radical (unpaired) electrons. The van der Waals surface area contributed by atoms with Crippen LogP contribution in [0.3, 0.4) is 0 Å². The van der Waals surface area contributed by atoms with Gasteiger partial charge >= 0.3 is 0 Å². The molecular formula is C21H21N3O4S. The van der Waals surface area contributed by atoms with Gasteiger partial charge in [0.15, 0.2) is 0 Å². The van der Waals surface area contributed by atoms with Crippen molar-refractivity contribution in [1.82, 2.24) is 10.3 Å². The molecule has 0 bridgehead atoms. The van der Waals surface area contributed by atoms with Gasteiger partial charge in [0.2, 0.25) is 0 Å². The summed E-state index contributed by atoms with van der Waals surface area (Å²) in [5.74, 6) is 0.0976. The van der Waals surface area contributed by atoms with Gasteiger partial charge in [-0.1, -0.05) is 18.2 Å². The summed E-state index contributed by atoms with van der Waals surface area (Å²) < 4.78 is 32.9. The summed E-state index contributed by atoms with van der Waals surface area (Å²) in [6, 6.07) is 17.6. The molecule has 0 aliphatic rings.